The van der Waals surface area contributed by atoms with Gasteiger partial charge in [0.2, 0.25) is 0 Å². The SMILES string of the molecule is Cc1cncc(-c2cc(C)nc3c2cnn3C)c1. The molecule has 0 aromatic carbocycles. The Kier molecular flexibility index (Phi) is 2.37. The molecule has 0 aliphatic rings. The summed E-state index contributed by atoms with van der Waals surface area (Å²) in [5.74, 6) is 0. The largest absolute Gasteiger partial charge is 0.264 e. The second-order valence-electron chi connectivity index (χ2n) is 4.57. The Bertz CT molecular complexity index is 728. The van der Waals surface area contributed by atoms with Gasteiger partial charge in [-0.05, 0) is 37.1 Å². The van der Waals surface area contributed by atoms with Crippen LogP contribution in [0.1, 0.15) is 11.3 Å². The Hall–Kier alpha value is -2.23. The maximum absolute atomic E-state index is 4.52. The second-order valence-corrected chi connectivity index (χ2v) is 4.57. The molecular formula is C14H14N4. The van der Waals surface area contributed by atoms with Crippen LogP contribution in [-0.2, 0) is 7.05 Å². The zero-order valence-corrected chi connectivity index (χ0v) is 10.7. The molecule has 0 spiro atoms. The molecule has 3 aromatic rings. The van der Waals surface area contributed by atoms with Crippen LogP contribution in [0.15, 0.2) is 30.7 Å². The van der Waals surface area contributed by atoms with Crippen molar-refractivity contribution in [3.63, 3.8) is 0 Å². The highest BCUT2D eigenvalue weighted by molar-refractivity contribution is 5.92. The van der Waals surface area contributed by atoms with E-state index >= 15 is 0 Å². The van der Waals surface area contributed by atoms with Crippen LogP contribution in [0.4, 0.5) is 0 Å². The van der Waals surface area contributed by atoms with Gasteiger partial charge in [-0.1, -0.05) is 0 Å². The van der Waals surface area contributed by atoms with Crippen molar-refractivity contribution in [2.75, 3.05) is 0 Å². The molecule has 0 fully saturated rings. The van der Waals surface area contributed by atoms with E-state index in [2.05, 4.69) is 27.2 Å². The number of aromatic nitrogens is 4. The fourth-order valence-corrected chi connectivity index (χ4v) is 2.18. The number of pyridine rings is 2. The van der Waals surface area contributed by atoms with E-state index in [1.165, 1.54) is 0 Å². The lowest BCUT2D eigenvalue weighted by Gasteiger charge is -2.05. The van der Waals surface area contributed by atoms with Gasteiger partial charge >= 0.3 is 0 Å². The van der Waals surface area contributed by atoms with Crippen molar-refractivity contribution in [2.45, 2.75) is 13.8 Å². The summed E-state index contributed by atoms with van der Waals surface area (Å²) in [5, 5.41) is 5.34. The first-order valence-corrected chi connectivity index (χ1v) is 5.86. The molecule has 0 saturated carbocycles. The minimum absolute atomic E-state index is 0.909. The topological polar surface area (TPSA) is 43.6 Å². The van der Waals surface area contributed by atoms with E-state index in [-0.39, 0.29) is 0 Å². The number of fused-ring (bicyclic) bond motifs is 1. The molecule has 0 N–H and O–H groups in total. The van der Waals surface area contributed by atoms with Crippen LogP contribution in [-0.4, -0.2) is 19.7 Å². The lowest BCUT2D eigenvalue weighted by atomic mass is 10.0. The fraction of sp³-hybridized carbons (Fsp3) is 0.214. The summed E-state index contributed by atoms with van der Waals surface area (Å²) in [6.45, 7) is 4.05. The van der Waals surface area contributed by atoms with E-state index in [1.807, 2.05) is 39.5 Å². The van der Waals surface area contributed by atoms with E-state index in [1.54, 1.807) is 4.68 Å². The molecule has 3 aromatic heterocycles. The summed E-state index contributed by atoms with van der Waals surface area (Å²) < 4.78 is 1.80. The Labute approximate surface area is 105 Å². The van der Waals surface area contributed by atoms with E-state index in [4.69, 9.17) is 0 Å². The van der Waals surface area contributed by atoms with Gasteiger partial charge in [-0.25, -0.2) is 4.98 Å². The lowest BCUT2D eigenvalue weighted by molar-refractivity contribution is 0.785. The van der Waals surface area contributed by atoms with Gasteiger partial charge in [-0.2, -0.15) is 5.10 Å². The van der Waals surface area contributed by atoms with Gasteiger partial charge in [-0.15, -0.1) is 0 Å². The molecule has 0 radical (unpaired) electrons. The predicted molar refractivity (Wildman–Crippen MR) is 71.2 cm³/mol. The van der Waals surface area contributed by atoms with Crippen LogP contribution in [0, 0.1) is 13.8 Å². The minimum atomic E-state index is 0.909. The quantitative estimate of drug-likeness (QED) is 0.654. The lowest BCUT2D eigenvalue weighted by Crippen LogP contribution is -1.94. The van der Waals surface area contributed by atoms with Crippen molar-refractivity contribution >= 4 is 11.0 Å². The number of rotatable bonds is 1. The van der Waals surface area contributed by atoms with E-state index in [0.29, 0.717) is 0 Å². The summed E-state index contributed by atoms with van der Waals surface area (Å²) >= 11 is 0. The highest BCUT2D eigenvalue weighted by atomic mass is 15.3. The fourth-order valence-electron chi connectivity index (χ4n) is 2.18. The molecule has 3 rings (SSSR count). The van der Waals surface area contributed by atoms with Crippen molar-refractivity contribution in [3.05, 3.63) is 42.0 Å². The molecular weight excluding hydrogens is 224 g/mol. The van der Waals surface area contributed by atoms with Gasteiger partial charge in [0.05, 0.1) is 6.20 Å². The van der Waals surface area contributed by atoms with Crippen LogP contribution in [0.25, 0.3) is 22.2 Å². The maximum atomic E-state index is 4.52. The molecule has 0 atom stereocenters. The van der Waals surface area contributed by atoms with E-state index in [9.17, 15) is 0 Å². The monoisotopic (exact) mass is 238 g/mol. The summed E-state index contributed by atoms with van der Waals surface area (Å²) in [7, 11) is 1.91. The Balaban J connectivity index is 2.35. The molecule has 4 nitrogen and oxygen atoms in total. The number of nitrogens with zero attached hydrogens (tertiary/aromatic N) is 4. The summed E-state index contributed by atoms with van der Waals surface area (Å²) in [4.78, 5) is 8.78. The molecule has 18 heavy (non-hydrogen) atoms. The molecule has 0 bridgehead atoms. The van der Waals surface area contributed by atoms with Crippen molar-refractivity contribution in [1.29, 1.82) is 0 Å². The van der Waals surface area contributed by atoms with E-state index < -0.39 is 0 Å². The number of hydrogen-bond acceptors (Lipinski definition) is 3. The predicted octanol–water partition coefficient (Wildman–Crippen LogP) is 2.65. The average Bonchev–Trinajstić information content (AvgIpc) is 2.70. The van der Waals surface area contributed by atoms with Gasteiger partial charge in [0, 0.05) is 36.1 Å². The molecule has 4 heteroatoms. The Morgan fingerprint density at radius 1 is 1.06 bits per heavy atom. The number of hydrogen-bond donors (Lipinski definition) is 0. The number of aryl methyl sites for hydroxylation is 3. The molecule has 0 aliphatic heterocycles. The van der Waals surface area contributed by atoms with Gasteiger partial charge in [0.25, 0.3) is 0 Å². The normalized spacial score (nSPS) is 11.1. The second kappa shape index (κ2) is 3.91. The van der Waals surface area contributed by atoms with Crippen LogP contribution in [0.5, 0.6) is 0 Å². The van der Waals surface area contributed by atoms with Crippen LogP contribution in [0.3, 0.4) is 0 Å². The van der Waals surface area contributed by atoms with E-state index in [0.717, 1.165) is 33.4 Å². The molecule has 0 amide bonds. The standard InChI is InChI=1S/C14H14N4/c1-9-4-11(7-15-6-9)12-5-10(2)17-14-13(12)8-16-18(14)3/h4-8H,1-3H3. The first-order valence-electron chi connectivity index (χ1n) is 5.86. The smallest absolute Gasteiger partial charge is 0.158 e. The summed E-state index contributed by atoms with van der Waals surface area (Å²) in [6.07, 6.45) is 5.60. The summed E-state index contributed by atoms with van der Waals surface area (Å²) in [5.41, 5.74) is 5.30. The van der Waals surface area contributed by atoms with Crippen molar-refractivity contribution in [3.8, 4) is 11.1 Å². The van der Waals surface area contributed by atoms with Gasteiger partial charge in [0.15, 0.2) is 5.65 Å². The highest BCUT2D eigenvalue weighted by Crippen LogP contribution is 2.28. The first kappa shape index (κ1) is 10.9. The average molecular weight is 238 g/mol. The molecule has 0 saturated heterocycles. The first-order chi connectivity index (χ1) is 8.65. The van der Waals surface area contributed by atoms with Crippen molar-refractivity contribution in [1.82, 2.24) is 19.7 Å². The highest BCUT2D eigenvalue weighted by Gasteiger charge is 2.10. The Morgan fingerprint density at radius 3 is 2.67 bits per heavy atom. The van der Waals surface area contributed by atoms with Crippen LogP contribution >= 0.6 is 0 Å². The van der Waals surface area contributed by atoms with Gasteiger partial charge in [-0.3, -0.25) is 9.67 Å². The zero-order chi connectivity index (χ0) is 12.7. The maximum Gasteiger partial charge on any atom is 0.158 e. The van der Waals surface area contributed by atoms with Crippen LogP contribution < -0.4 is 0 Å². The molecule has 0 aliphatic carbocycles. The molecule has 3 heterocycles. The van der Waals surface area contributed by atoms with Gasteiger partial charge < -0.3 is 0 Å². The molecule has 0 unspecified atom stereocenters. The van der Waals surface area contributed by atoms with Crippen molar-refractivity contribution < 1.29 is 0 Å². The van der Waals surface area contributed by atoms with Crippen molar-refractivity contribution in [2.24, 2.45) is 7.05 Å². The third-order valence-electron chi connectivity index (χ3n) is 3.02. The minimum Gasteiger partial charge on any atom is -0.264 e. The third kappa shape index (κ3) is 1.66. The molecule has 90 valence electrons. The third-order valence-corrected chi connectivity index (χ3v) is 3.02. The Morgan fingerprint density at radius 2 is 1.89 bits per heavy atom. The summed E-state index contributed by atoms with van der Waals surface area (Å²) in [6, 6.07) is 4.22. The van der Waals surface area contributed by atoms with Gasteiger partial charge in [0.1, 0.15) is 0 Å². The zero-order valence-electron chi connectivity index (χ0n) is 10.7. The van der Waals surface area contributed by atoms with Crippen LogP contribution in [0.2, 0.25) is 0 Å².